The number of primary amides is 1. The summed E-state index contributed by atoms with van der Waals surface area (Å²) in [6.07, 6.45) is 2.48. The molecule has 1 aromatic heterocycles. The van der Waals surface area contributed by atoms with E-state index in [0.717, 1.165) is 27.8 Å². The normalized spacial score (nSPS) is 12.3. The number of thioether (sulfide) groups is 1. The van der Waals surface area contributed by atoms with E-state index in [4.69, 9.17) is 5.73 Å². The molecule has 1 heterocycles. The summed E-state index contributed by atoms with van der Waals surface area (Å²) in [5, 5.41) is 0.497. The van der Waals surface area contributed by atoms with Gasteiger partial charge in [0.25, 0.3) is 0 Å². The largest absolute Gasteiger partial charge is 0.369 e. The number of nitrogens with zero attached hydrogens (tertiary/aromatic N) is 1. The van der Waals surface area contributed by atoms with E-state index < -0.39 is 0 Å². The van der Waals surface area contributed by atoms with Crippen LogP contribution in [0.15, 0.2) is 34.7 Å². The third-order valence-corrected chi connectivity index (χ3v) is 5.61. The highest BCUT2D eigenvalue weighted by atomic mass is 32.2. The topological polar surface area (TPSA) is 56.0 Å². The van der Waals surface area contributed by atoms with Crippen molar-refractivity contribution < 1.29 is 4.79 Å². The van der Waals surface area contributed by atoms with Gasteiger partial charge in [-0.05, 0) is 25.3 Å². The van der Waals surface area contributed by atoms with Crippen LogP contribution in [0.5, 0.6) is 0 Å². The molecule has 0 radical (unpaired) electrons. The molecule has 0 aliphatic heterocycles. The van der Waals surface area contributed by atoms with Gasteiger partial charge in [-0.25, -0.2) is 4.98 Å². The SMILES string of the molecule is Cc1nc(S[C@H](C)CCc2ccccc2)sc1CC(N)=O. The van der Waals surface area contributed by atoms with Gasteiger partial charge < -0.3 is 5.73 Å². The number of hydrogen-bond acceptors (Lipinski definition) is 4. The van der Waals surface area contributed by atoms with E-state index in [9.17, 15) is 4.79 Å². The Balaban J connectivity index is 1.87. The van der Waals surface area contributed by atoms with Crippen molar-refractivity contribution in [3.05, 3.63) is 46.5 Å². The van der Waals surface area contributed by atoms with Crippen molar-refractivity contribution in [3.63, 3.8) is 0 Å². The molecule has 0 saturated heterocycles. The van der Waals surface area contributed by atoms with Crippen LogP contribution in [-0.2, 0) is 17.6 Å². The summed E-state index contributed by atoms with van der Waals surface area (Å²) in [7, 11) is 0. The van der Waals surface area contributed by atoms with Crippen LogP contribution < -0.4 is 5.73 Å². The lowest BCUT2D eigenvalue weighted by Crippen LogP contribution is -2.13. The molecule has 21 heavy (non-hydrogen) atoms. The van der Waals surface area contributed by atoms with Crippen LogP contribution >= 0.6 is 23.1 Å². The number of rotatable bonds is 7. The van der Waals surface area contributed by atoms with Gasteiger partial charge in [-0.3, -0.25) is 4.79 Å². The third-order valence-electron chi connectivity index (χ3n) is 3.19. The van der Waals surface area contributed by atoms with Gasteiger partial charge in [0.05, 0.1) is 12.1 Å². The van der Waals surface area contributed by atoms with Crippen LogP contribution in [0.2, 0.25) is 0 Å². The fourth-order valence-electron chi connectivity index (χ4n) is 2.02. The Hall–Kier alpha value is -1.33. The van der Waals surface area contributed by atoms with Crippen molar-refractivity contribution in [2.24, 2.45) is 5.73 Å². The molecule has 3 nitrogen and oxygen atoms in total. The van der Waals surface area contributed by atoms with Gasteiger partial charge in [0.2, 0.25) is 5.91 Å². The van der Waals surface area contributed by atoms with E-state index in [2.05, 4.69) is 36.2 Å². The summed E-state index contributed by atoms with van der Waals surface area (Å²) in [4.78, 5) is 16.5. The predicted octanol–water partition coefficient (Wildman–Crippen LogP) is 3.59. The first-order chi connectivity index (χ1) is 10.0. The number of aromatic nitrogens is 1. The zero-order valence-corrected chi connectivity index (χ0v) is 14.0. The van der Waals surface area contributed by atoms with E-state index in [-0.39, 0.29) is 5.91 Å². The lowest BCUT2D eigenvalue weighted by atomic mass is 10.1. The van der Waals surface area contributed by atoms with E-state index in [1.54, 1.807) is 23.1 Å². The molecule has 0 aliphatic carbocycles. The Morgan fingerprint density at radius 3 is 2.76 bits per heavy atom. The second kappa shape index (κ2) is 7.61. The fraction of sp³-hybridized carbons (Fsp3) is 0.375. The number of carbonyl (C=O) groups excluding carboxylic acids is 1. The van der Waals surface area contributed by atoms with Gasteiger partial charge in [-0.2, -0.15) is 0 Å². The number of thiazole rings is 1. The van der Waals surface area contributed by atoms with Gasteiger partial charge in [0.15, 0.2) is 4.34 Å². The lowest BCUT2D eigenvalue weighted by Gasteiger charge is -2.08. The Morgan fingerprint density at radius 1 is 1.38 bits per heavy atom. The molecule has 0 unspecified atom stereocenters. The van der Waals surface area contributed by atoms with E-state index in [1.165, 1.54) is 5.56 Å². The molecule has 0 saturated carbocycles. The lowest BCUT2D eigenvalue weighted by molar-refractivity contribution is -0.117. The highest BCUT2D eigenvalue weighted by molar-refractivity contribution is 8.01. The van der Waals surface area contributed by atoms with E-state index in [1.807, 2.05) is 13.0 Å². The summed E-state index contributed by atoms with van der Waals surface area (Å²) in [5.74, 6) is -0.296. The molecule has 0 bridgehead atoms. The Bertz CT molecular complexity index is 596. The van der Waals surface area contributed by atoms with Crippen LogP contribution in [-0.4, -0.2) is 16.1 Å². The molecule has 1 atom stereocenters. The number of aryl methyl sites for hydroxylation is 2. The molecule has 1 aromatic carbocycles. The van der Waals surface area contributed by atoms with Crippen molar-refractivity contribution in [1.82, 2.24) is 4.98 Å². The zero-order chi connectivity index (χ0) is 15.2. The van der Waals surface area contributed by atoms with Crippen LogP contribution in [0.3, 0.4) is 0 Å². The molecular formula is C16H20N2OS2. The number of hydrogen-bond donors (Lipinski definition) is 1. The fourth-order valence-corrected chi connectivity index (χ4v) is 4.58. The van der Waals surface area contributed by atoms with Gasteiger partial charge in [0, 0.05) is 10.1 Å². The average Bonchev–Trinajstić information content (AvgIpc) is 2.77. The minimum Gasteiger partial charge on any atom is -0.369 e. The average molecular weight is 320 g/mol. The maximum Gasteiger partial charge on any atom is 0.222 e. The standard InChI is InChI=1S/C16H20N2OS2/c1-11(8-9-13-6-4-3-5-7-13)20-16-18-12(2)14(21-16)10-15(17)19/h3-7,11H,8-10H2,1-2H3,(H2,17,19)/t11-/m1/s1. The number of benzene rings is 1. The van der Waals surface area contributed by atoms with Crippen LogP contribution in [0.1, 0.15) is 29.5 Å². The highest BCUT2D eigenvalue weighted by Gasteiger charge is 2.13. The summed E-state index contributed by atoms with van der Waals surface area (Å²) < 4.78 is 1.03. The Morgan fingerprint density at radius 2 is 2.10 bits per heavy atom. The smallest absolute Gasteiger partial charge is 0.222 e. The Kier molecular flexibility index (Phi) is 5.82. The first-order valence-electron chi connectivity index (χ1n) is 7.00. The zero-order valence-electron chi connectivity index (χ0n) is 12.3. The molecule has 0 aliphatic rings. The quantitative estimate of drug-likeness (QED) is 0.793. The summed E-state index contributed by atoms with van der Waals surface area (Å²) in [5.41, 5.74) is 7.55. The molecule has 0 fully saturated rings. The van der Waals surface area contributed by atoms with Crippen molar-refractivity contribution in [2.75, 3.05) is 0 Å². The van der Waals surface area contributed by atoms with Gasteiger partial charge in [-0.15, -0.1) is 11.3 Å². The maximum atomic E-state index is 11.0. The molecule has 2 aromatic rings. The minimum absolute atomic E-state index is 0.294. The molecule has 2 N–H and O–H groups in total. The monoisotopic (exact) mass is 320 g/mol. The van der Waals surface area contributed by atoms with Crippen LogP contribution in [0.25, 0.3) is 0 Å². The number of nitrogens with two attached hydrogens (primary N) is 1. The molecule has 112 valence electrons. The molecule has 5 heteroatoms. The number of carbonyl (C=O) groups is 1. The highest BCUT2D eigenvalue weighted by Crippen LogP contribution is 2.32. The second-order valence-corrected chi connectivity index (χ2v) is 7.85. The first-order valence-corrected chi connectivity index (χ1v) is 8.69. The van der Waals surface area contributed by atoms with E-state index >= 15 is 0 Å². The summed E-state index contributed by atoms with van der Waals surface area (Å²) >= 11 is 3.37. The number of amides is 1. The van der Waals surface area contributed by atoms with Gasteiger partial charge in [-0.1, -0.05) is 49.0 Å². The Labute approximate surface area is 134 Å². The summed E-state index contributed by atoms with van der Waals surface area (Å²) in [6, 6.07) is 10.5. The van der Waals surface area contributed by atoms with E-state index in [0.29, 0.717) is 11.7 Å². The molecule has 0 spiro atoms. The maximum absolute atomic E-state index is 11.0. The van der Waals surface area contributed by atoms with Crippen molar-refractivity contribution in [3.8, 4) is 0 Å². The first kappa shape index (κ1) is 16.0. The van der Waals surface area contributed by atoms with Crippen molar-refractivity contribution in [2.45, 2.75) is 42.7 Å². The van der Waals surface area contributed by atoms with Crippen LogP contribution in [0, 0.1) is 6.92 Å². The van der Waals surface area contributed by atoms with Crippen molar-refractivity contribution >= 4 is 29.0 Å². The second-order valence-electron chi connectivity index (χ2n) is 5.08. The molecular weight excluding hydrogens is 300 g/mol. The van der Waals surface area contributed by atoms with Gasteiger partial charge >= 0.3 is 0 Å². The third kappa shape index (κ3) is 5.17. The predicted molar refractivity (Wildman–Crippen MR) is 89.8 cm³/mol. The van der Waals surface area contributed by atoms with Gasteiger partial charge in [0.1, 0.15) is 0 Å². The minimum atomic E-state index is -0.296. The van der Waals surface area contributed by atoms with Crippen LogP contribution in [0.4, 0.5) is 0 Å². The molecule has 2 rings (SSSR count). The molecule has 1 amide bonds. The van der Waals surface area contributed by atoms with Crippen molar-refractivity contribution in [1.29, 1.82) is 0 Å². The summed E-state index contributed by atoms with van der Waals surface area (Å²) in [6.45, 7) is 4.16.